The first-order valence-corrected chi connectivity index (χ1v) is 29.5. The van der Waals surface area contributed by atoms with Crippen LogP contribution in [0.1, 0.15) is 303 Å². The molecule has 2 unspecified atom stereocenters. The van der Waals surface area contributed by atoms with E-state index in [1.807, 2.05) is 0 Å². The van der Waals surface area contributed by atoms with Crippen molar-refractivity contribution in [2.45, 2.75) is 309 Å². The van der Waals surface area contributed by atoms with Gasteiger partial charge in [-0.1, -0.05) is 277 Å². The summed E-state index contributed by atoms with van der Waals surface area (Å²) in [5, 5.41) is 0. The molecular weight excluding hydrogens is 822 g/mol. The molecule has 0 radical (unpaired) electrons. The highest BCUT2D eigenvalue weighted by Crippen LogP contribution is 2.43. The molecule has 382 valence electrons. The Morgan fingerprint density at radius 1 is 0.406 bits per heavy atom. The zero-order valence-electron chi connectivity index (χ0n) is 42.6. The maximum absolute atomic E-state index is 12.6. The number of carbonyl (C=O) groups excluding carboxylic acids is 2. The Hall–Kier alpha value is -0.990. The molecule has 0 fully saturated rings. The molecule has 0 rings (SSSR count). The van der Waals surface area contributed by atoms with Gasteiger partial charge in [0, 0.05) is 19.4 Å². The van der Waals surface area contributed by atoms with E-state index in [0.29, 0.717) is 6.42 Å². The van der Waals surface area contributed by atoms with E-state index in [1.54, 1.807) is 0 Å². The Labute approximate surface area is 397 Å². The lowest BCUT2D eigenvalue weighted by atomic mass is 10.0. The van der Waals surface area contributed by atoms with E-state index >= 15 is 0 Å². The maximum Gasteiger partial charge on any atom is 0.472 e. The van der Waals surface area contributed by atoms with Crippen LogP contribution in [0.2, 0.25) is 0 Å². The molecule has 0 aliphatic carbocycles. The van der Waals surface area contributed by atoms with Crippen LogP contribution in [0.15, 0.2) is 0 Å². The van der Waals surface area contributed by atoms with Crippen molar-refractivity contribution in [2.24, 2.45) is 5.73 Å². The minimum atomic E-state index is -4.37. The molecule has 0 aromatic rings. The predicted molar refractivity (Wildman–Crippen MR) is 271 cm³/mol. The summed E-state index contributed by atoms with van der Waals surface area (Å²) in [6.07, 6.45) is 56.1. The van der Waals surface area contributed by atoms with Gasteiger partial charge in [-0.25, -0.2) is 4.57 Å². The highest BCUT2D eigenvalue weighted by molar-refractivity contribution is 7.47. The van der Waals surface area contributed by atoms with Gasteiger partial charge < -0.3 is 20.1 Å². The first-order chi connectivity index (χ1) is 31.3. The lowest BCUT2D eigenvalue weighted by Crippen LogP contribution is -2.29. The molecule has 0 saturated heterocycles. The largest absolute Gasteiger partial charge is 0.472 e. The van der Waals surface area contributed by atoms with Crippen LogP contribution in [0.25, 0.3) is 0 Å². The first-order valence-electron chi connectivity index (χ1n) is 28.0. The Bertz CT molecular complexity index is 1020. The molecule has 0 amide bonds. The van der Waals surface area contributed by atoms with Crippen molar-refractivity contribution in [3.8, 4) is 0 Å². The highest BCUT2D eigenvalue weighted by atomic mass is 31.2. The second kappa shape index (κ2) is 51.4. The van der Waals surface area contributed by atoms with E-state index in [-0.39, 0.29) is 38.6 Å². The minimum absolute atomic E-state index is 0.0582. The summed E-state index contributed by atoms with van der Waals surface area (Å²) in [5.74, 6) is -0.809. The summed E-state index contributed by atoms with van der Waals surface area (Å²) in [5.41, 5.74) is 5.36. The van der Waals surface area contributed by atoms with Gasteiger partial charge in [-0.2, -0.15) is 0 Å². The van der Waals surface area contributed by atoms with Gasteiger partial charge in [-0.3, -0.25) is 18.6 Å². The normalized spacial score (nSPS) is 13.0. The van der Waals surface area contributed by atoms with Crippen LogP contribution in [-0.4, -0.2) is 49.3 Å². The van der Waals surface area contributed by atoms with Crippen molar-refractivity contribution in [1.29, 1.82) is 0 Å². The van der Waals surface area contributed by atoms with E-state index < -0.39 is 26.5 Å². The summed E-state index contributed by atoms with van der Waals surface area (Å²) in [6, 6.07) is 0. The highest BCUT2D eigenvalue weighted by Gasteiger charge is 2.26. The molecule has 10 heteroatoms. The van der Waals surface area contributed by atoms with Crippen molar-refractivity contribution in [1.82, 2.24) is 0 Å². The standard InChI is InChI=1S/C54H108NO8P/c1-3-5-7-9-11-13-15-16-17-18-19-20-21-22-23-24-25-26-27-28-29-30-31-32-33-34-35-37-39-41-43-45-47-54(57)63-52(51-62-64(58,59)61-49-48-55)50-60-53(56)46-44-42-40-38-36-14-12-10-8-6-4-2/h52H,3-51,55H2,1-2H3,(H,58,59). The van der Waals surface area contributed by atoms with E-state index in [0.717, 1.165) is 32.1 Å². The van der Waals surface area contributed by atoms with Gasteiger partial charge in [-0.05, 0) is 12.8 Å². The number of hydrogen-bond donors (Lipinski definition) is 2. The molecule has 9 nitrogen and oxygen atoms in total. The van der Waals surface area contributed by atoms with Crippen LogP contribution in [0.5, 0.6) is 0 Å². The molecule has 2 atom stereocenters. The lowest BCUT2D eigenvalue weighted by Gasteiger charge is -2.19. The van der Waals surface area contributed by atoms with Crippen LogP contribution in [0, 0.1) is 0 Å². The predicted octanol–water partition coefficient (Wildman–Crippen LogP) is 17.1. The fourth-order valence-electron chi connectivity index (χ4n) is 8.58. The zero-order valence-corrected chi connectivity index (χ0v) is 43.4. The first kappa shape index (κ1) is 63.0. The third-order valence-corrected chi connectivity index (χ3v) is 13.7. The smallest absolute Gasteiger partial charge is 0.462 e. The van der Waals surface area contributed by atoms with Gasteiger partial charge >= 0.3 is 19.8 Å². The molecule has 0 heterocycles. The number of rotatable bonds is 54. The Morgan fingerprint density at radius 2 is 0.672 bits per heavy atom. The molecule has 0 bridgehead atoms. The summed E-state index contributed by atoms with van der Waals surface area (Å²) < 4.78 is 32.9. The van der Waals surface area contributed by atoms with Crippen LogP contribution < -0.4 is 5.73 Å². The van der Waals surface area contributed by atoms with Crippen molar-refractivity contribution in [3.05, 3.63) is 0 Å². The molecule has 0 spiro atoms. The number of hydrogen-bond acceptors (Lipinski definition) is 8. The molecule has 0 aromatic carbocycles. The second-order valence-electron chi connectivity index (χ2n) is 19.2. The van der Waals surface area contributed by atoms with Gasteiger partial charge in [0.2, 0.25) is 0 Å². The molecule has 64 heavy (non-hydrogen) atoms. The third kappa shape index (κ3) is 50.4. The van der Waals surface area contributed by atoms with Gasteiger partial charge in [0.25, 0.3) is 0 Å². The fraction of sp³-hybridized carbons (Fsp3) is 0.963. The Kier molecular flexibility index (Phi) is 50.6. The van der Waals surface area contributed by atoms with E-state index in [4.69, 9.17) is 24.3 Å². The van der Waals surface area contributed by atoms with Crippen molar-refractivity contribution in [2.75, 3.05) is 26.4 Å². The van der Waals surface area contributed by atoms with Gasteiger partial charge in [0.15, 0.2) is 6.10 Å². The van der Waals surface area contributed by atoms with Crippen LogP contribution in [0.3, 0.4) is 0 Å². The van der Waals surface area contributed by atoms with Gasteiger partial charge in [-0.15, -0.1) is 0 Å². The van der Waals surface area contributed by atoms with Crippen molar-refractivity contribution in [3.63, 3.8) is 0 Å². The number of phosphoric acid groups is 1. The van der Waals surface area contributed by atoms with Crippen LogP contribution >= 0.6 is 7.82 Å². The van der Waals surface area contributed by atoms with E-state index in [1.165, 1.54) is 238 Å². The minimum Gasteiger partial charge on any atom is -0.462 e. The van der Waals surface area contributed by atoms with Crippen LogP contribution in [0.4, 0.5) is 0 Å². The third-order valence-electron chi connectivity index (χ3n) is 12.7. The summed E-state index contributed by atoms with van der Waals surface area (Å²) in [7, 11) is -4.37. The lowest BCUT2D eigenvalue weighted by molar-refractivity contribution is -0.161. The van der Waals surface area contributed by atoms with Gasteiger partial charge in [0.05, 0.1) is 13.2 Å². The van der Waals surface area contributed by atoms with Gasteiger partial charge in [0.1, 0.15) is 6.61 Å². The van der Waals surface area contributed by atoms with E-state index in [2.05, 4.69) is 13.8 Å². The topological polar surface area (TPSA) is 134 Å². The number of esters is 2. The average Bonchev–Trinajstić information content (AvgIpc) is 3.28. The zero-order chi connectivity index (χ0) is 46.7. The quantitative estimate of drug-likeness (QED) is 0.0347. The number of ether oxygens (including phenoxy) is 2. The summed E-state index contributed by atoms with van der Waals surface area (Å²) >= 11 is 0. The monoisotopic (exact) mass is 930 g/mol. The Morgan fingerprint density at radius 3 is 0.953 bits per heavy atom. The van der Waals surface area contributed by atoms with E-state index in [9.17, 15) is 19.0 Å². The number of carbonyl (C=O) groups is 2. The fourth-order valence-corrected chi connectivity index (χ4v) is 9.35. The SMILES string of the molecule is CCCCCCCCCCCCCCCCCCCCCCCCCCCCCCCCCCC(=O)OC(COC(=O)CCCCCCCCCCCCC)COP(=O)(O)OCCN. The summed E-state index contributed by atoms with van der Waals surface area (Å²) in [6.45, 7) is 3.79. The van der Waals surface area contributed by atoms with Crippen molar-refractivity contribution < 1.29 is 37.6 Å². The van der Waals surface area contributed by atoms with Crippen molar-refractivity contribution >= 4 is 19.8 Å². The number of nitrogens with two attached hydrogens (primary N) is 1. The number of unbranched alkanes of at least 4 members (excludes halogenated alkanes) is 41. The molecule has 0 aliphatic heterocycles. The average molecular weight is 930 g/mol. The molecule has 0 aliphatic rings. The second-order valence-corrected chi connectivity index (χ2v) is 20.6. The summed E-state index contributed by atoms with van der Waals surface area (Å²) in [4.78, 5) is 35.0. The van der Waals surface area contributed by atoms with Crippen LogP contribution in [-0.2, 0) is 32.7 Å². The maximum atomic E-state index is 12.6. The molecule has 3 N–H and O–H groups in total. The molecule has 0 aromatic heterocycles. The molecule has 0 saturated carbocycles. The molecular formula is C54H108NO8P. The number of phosphoric ester groups is 1. The Balaban J connectivity index is 3.77.